The van der Waals surface area contributed by atoms with Crippen LogP contribution in [-0.4, -0.2) is 25.7 Å². The highest BCUT2D eigenvalue weighted by atomic mass is 16.5. The van der Waals surface area contributed by atoms with Gasteiger partial charge in [-0.15, -0.1) is 0 Å². The summed E-state index contributed by atoms with van der Waals surface area (Å²) in [6.45, 7) is 2.67. The molecular formula is C7H18N4O. The van der Waals surface area contributed by atoms with Crippen molar-refractivity contribution in [2.75, 3.05) is 13.7 Å². The predicted octanol–water partition coefficient (Wildman–Crippen LogP) is -0.420. The van der Waals surface area contributed by atoms with Gasteiger partial charge in [0.05, 0.1) is 12.6 Å². The van der Waals surface area contributed by atoms with Crippen LogP contribution in [0.3, 0.4) is 0 Å². The van der Waals surface area contributed by atoms with E-state index >= 15 is 0 Å². The summed E-state index contributed by atoms with van der Waals surface area (Å²) in [4.78, 5) is 4.11. The first-order chi connectivity index (χ1) is 5.74. The Balaban J connectivity index is 3.92. The highest BCUT2D eigenvalue weighted by molar-refractivity contribution is 5.77. The molecule has 0 heterocycles. The lowest BCUT2D eigenvalue weighted by Crippen LogP contribution is -2.38. The third kappa shape index (κ3) is 4.92. The summed E-state index contributed by atoms with van der Waals surface area (Å²) in [6.07, 6.45) is 2.01. The van der Waals surface area contributed by atoms with E-state index in [1.165, 1.54) is 0 Å². The number of rotatable bonds is 5. The van der Waals surface area contributed by atoms with Crippen molar-refractivity contribution in [3.05, 3.63) is 0 Å². The van der Waals surface area contributed by atoms with Gasteiger partial charge in [0.2, 0.25) is 5.96 Å². The fourth-order valence-electron chi connectivity index (χ4n) is 0.945. The van der Waals surface area contributed by atoms with Crippen molar-refractivity contribution in [2.45, 2.75) is 25.8 Å². The van der Waals surface area contributed by atoms with Crippen LogP contribution in [0.15, 0.2) is 4.99 Å². The zero-order chi connectivity index (χ0) is 9.40. The third-order valence-corrected chi connectivity index (χ3v) is 1.45. The summed E-state index contributed by atoms with van der Waals surface area (Å²) in [5.41, 5.74) is 7.68. The highest BCUT2D eigenvalue weighted by Gasteiger charge is 2.04. The molecule has 72 valence electrons. The predicted molar refractivity (Wildman–Crippen MR) is 49.5 cm³/mol. The van der Waals surface area contributed by atoms with Gasteiger partial charge < -0.3 is 10.5 Å². The monoisotopic (exact) mass is 174 g/mol. The molecule has 1 unspecified atom stereocenters. The van der Waals surface area contributed by atoms with Gasteiger partial charge in [-0.2, -0.15) is 0 Å². The van der Waals surface area contributed by atoms with Gasteiger partial charge in [-0.3, -0.25) is 5.43 Å². The number of hydrazine groups is 1. The van der Waals surface area contributed by atoms with E-state index < -0.39 is 0 Å². The molecule has 0 aromatic heterocycles. The maximum Gasteiger partial charge on any atom is 0.203 e. The van der Waals surface area contributed by atoms with Crippen molar-refractivity contribution in [3.63, 3.8) is 0 Å². The van der Waals surface area contributed by atoms with Crippen molar-refractivity contribution < 1.29 is 4.74 Å². The molecule has 0 fully saturated rings. The zero-order valence-corrected chi connectivity index (χ0v) is 7.71. The second-order valence-electron chi connectivity index (χ2n) is 2.56. The van der Waals surface area contributed by atoms with E-state index in [9.17, 15) is 0 Å². The summed E-state index contributed by atoms with van der Waals surface area (Å²) in [5.74, 6) is 5.32. The summed E-state index contributed by atoms with van der Waals surface area (Å²) >= 11 is 0. The molecule has 0 saturated carbocycles. The van der Waals surface area contributed by atoms with Crippen LogP contribution in [0, 0.1) is 0 Å². The van der Waals surface area contributed by atoms with Crippen LogP contribution in [0.4, 0.5) is 0 Å². The Morgan fingerprint density at radius 3 is 2.75 bits per heavy atom. The number of nitrogens with zero attached hydrogens (tertiary/aromatic N) is 1. The molecule has 5 N–H and O–H groups in total. The smallest absolute Gasteiger partial charge is 0.203 e. The van der Waals surface area contributed by atoms with E-state index in [1.54, 1.807) is 7.11 Å². The van der Waals surface area contributed by atoms with Gasteiger partial charge in [-0.05, 0) is 6.42 Å². The van der Waals surface area contributed by atoms with Gasteiger partial charge in [0.15, 0.2) is 0 Å². The molecule has 12 heavy (non-hydrogen) atoms. The molecule has 0 aliphatic rings. The number of methoxy groups -OCH3 is 1. The fourth-order valence-corrected chi connectivity index (χ4v) is 0.945. The Kier molecular flexibility index (Phi) is 6.41. The van der Waals surface area contributed by atoms with E-state index in [-0.39, 0.29) is 12.0 Å². The molecule has 0 saturated heterocycles. The average molecular weight is 174 g/mol. The first-order valence-electron chi connectivity index (χ1n) is 4.03. The lowest BCUT2D eigenvalue weighted by atomic mass is 10.2. The van der Waals surface area contributed by atoms with Crippen molar-refractivity contribution in [3.8, 4) is 0 Å². The van der Waals surface area contributed by atoms with Gasteiger partial charge in [0.25, 0.3) is 0 Å². The van der Waals surface area contributed by atoms with E-state index in [0.29, 0.717) is 6.61 Å². The first kappa shape index (κ1) is 11.2. The van der Waals surface area contributed by atoms with E-state index in [2.05, 4.69) is 17.3 Å². The molecule has 0 spiro atoms. The normalized spacial score (nSPS) is 14.4. The minimum absolute atomic E-state index is 0.107. The topological polar surface area (TPSA) is 85.7 Å². The Labute approximate surface area is 73.1 Å². The average Bonchev–Trinajstić information content (AvgIpc) is 2.05. The Hall–Kier alpha value is -0.810. The Bertz CT molecular complexity index is 131. The molecular weight excluding hydrogens is 156 g/mol. The van der Waals surface area contributed by atoms with Gasteiger partial charge in [-0.1, -0.05) is 13.3 Å². The largest absolute Gasteiger partial charge is 0.382 e. The molecule has 5 nitrogen and oxygen atoms in total. The lowest BCUT2D eigenvalue weighted by Gasteiger charge is -2.10. The van der Waals surface area contributed by atoms with Crippen LogP contribution in [-0.2, 0) is 4.74 Å². The number of aliphatic imine (C=N–C) groups is 1. The SMILES string of the molecule is CCCC(COC)N=C(N)NN. The van der Waals surface area contributed by atoms with Crippen LogP contribution in [0.1, 0.15) is 19.8 Å². The van der Waals surface area contributed by atoms with Crippen LogP contribution < -0.4 is 17.0 Å². The maximum atomic E-state index is 5.39. The minimum Gasteiger partial charge on any atom is -0.382 e. The van der Waals surface area contributed by atoms with E-state index in [4.69, 9.17) is 16.3 Å². The molecule has 0 amide bonds. The molecule has 5 heteroatoms. The van der Waals surface area contributed by atoms with Gasteiger partial charge in [-0.25, -0.2) is 10.8 Å². The van der Waals surface area contributed by atoms with Crippen LogP contribution in [0.2, 0.25) is 0 Å². The number of guanidine groups is 1. The van der Waals surface area contributed by atoms with Crippen molar-refractivity contribution in [1.29, 1.82) is 0 Å². The van der Waals surface area contributed by atoms with Crippen LogP contribution >= 0.6 is 0 Å². The Morgan fingerprint density at radius 1 is 1.67 bits per heavy atom. The molecule has 0 aliphatic carbocycles. The third-order valence-electron chi connectivity index (χ3n) is 1.45. The molecule has 1 atom stereocenters. The van der Waals surface area contributed by atoms with E-state index in [0.717, 1.165) is 12.8 Å². The van der Waals surface area contributed by atoms with Crippen LogP contribution in [0.25, 0.3) is 0 Å². The molecule has 0 radical (unpaired) electrons. The second kappa shape index (κ2) is 6.87. The summed E-state index contributed by atoms with van der Waals surface area (Å²) < 4.78 is 4.97. The summed E-state index contributed by atoms with van der Waals surface area (Å²) in [7, 11) is 1.64. The Morgan fingerprint density at radius 2 is 2.33 bits per heavy atom. The van der Waals surface area contributed by atoms with Gasteiger partial charge in [0, 0.05) is 7.11 Å². The number of nitrogens with one attached hydrogen (secondary N) is 1. The number of hydrogen-bond donors (Lipinski definition) is 3. The van der Waals surface area contributed by atoms with Crippen molar-refractivity contribution >= 4 is 5.96 Å². The maximum absolute atomic E-state index is 5.39. The minimum atomic E-state index is 0.107. The first-order valence-corrected chi connectivity index (χ1v) is 4.03. The molecule has 0 rings (SSSR count). The van der Waals surface area contributed by atoms with E-state index in [1.807, 2.05) is 0 Å². The zero-order valence-electron chi connectivity index (χ0n) is 7.71. The molecule has 0 aromatic rings. The summed E-state index contributed by atoms with van der Waals surface area (Å²) in [6, 6.07) is 0.107. The van der Waals surface area contributed by atoms with Crippen LogP contribution in [0.5, 0.6) is 0 Å². The number of nitrogens with two attached hydrogens (primary N) is 2. The quantitative estimate of drug-likeness (QED) is 0.229. The van der Waals surface area contributed by atoms with Crippen molar-refractivity contribution in [1.82, 2.24) is 5.43 Å². The summed E-state index contributed by atoms with van der Waals surface area (Å²) in [5, 5.41) is 0. The standard InChI is InChI=1S/C7H18N4O/c1-3-4-6(5-12-2)10-7(8)11-9/h6H,3-5,9H2,1-2H3,(H3,8,10,11). The fraction of sp³-hybridized carbons (Fsp3) is 0.857. The highest BCUT2D eigenvalue weighted by Crippen LogP contribution is 2.01. The second-order valence-corrected chi connectivity index (χ2v) is 2.56. The number of ether oxygens (including phenoxy) is 1. The van der Waals surface area contributed by atoms with Crippen molar-refractivity contribution in [2.24, 2.45) is 16.6 Å². The molecule has 0 aromatic carbocycles. The van der Waals surface area contributed by atoms with Gasteiger partial charge >= 0.3 is 0 Å². The molecule has 0 aliphatic heterocycles. The molecule has 0 bridgehead atoms. The lowest BCUT2D eigenvalue weighted by molar-refractivity contribution is 0.177. The van der Waals surface area contributed by atoms with Gasteiger partial charge in [0.1, 0.15) is 0 Å². The number of hydrogen-bond acceptors (Lipinski definition) is 3.